The third-order valence-corrected chi connectivity index (χ3v) is 11.0. The molecule has 5 atom stereocenters. The Morgan fingerprint density at radius 3 is 1.85 bits per heavy atom. The highest BCUT2D eigenvalue weighted by atomic mass is 16.8. The minimum absolute atomic E-state index is 0.0984. The molecule has 278 valence electrons. The second-order valence-corrected chi connectivity index (χ2v) is 14.8. The second-order valence-electron chi connectivity index (χ2n) is 14.8. The molecule has 8 heteroatoms. The lowest BCUT2D eigenvalue weighted by molar-refractivity contribution is -0.353. The first-order chi connectivity index (χ1) is 26.6. The first-order valence-corrected chi connectivity index (χ1v) is 19.1. The third kappa shape index (κ3) is 7.06. The maximum atomic E-state index is 11.3. The van der Waals surface area contributed by atoms with E-state index in [0.717, 1.165) is 52.2 Å². The fraction of sp³-hybridized carbons (Fsp3) is 0.348. The Balaban J connectivity index is 1.12. The molecule has 1 saturated carbocycles. The monoisotopic (exact) mass is 726 g/mol. The van der Waals surface area contributed by atoms with Crippen molar-refractivity contribution in [3.05, 3.63) is 166 Å². The fourth-order valence-electron chi connectivity index (χ4n) is 8.12. The number of aliphatic hydroxyl groups excluding tert-OH is 1. The van der Waals surface area contributed by atoms with Crippen LogP contribution in [0.15, 0.2) is 127 Å². The zero-order valence-electron chi connectivity index (χ0n) is 30.3. The normalized spacial score (nSPS) is 25.8. The Bertz CT molecular complexity index is 2020. The van der Waals surface area contributed by atoms with Gasteiger partial charge in [0, 0.05) is 5.56 Å². The van der Waals surface area contributed by atoms with Crippen LogP contribution in [0.25, 0.3) is 0 Å². The van der Waals surface area contributed by atoms with Crippen LogP contribution in [-0.4, -0.2) is 55.4 Å². The van der Waals surface area contributed by atoms with Gasteiger partial charge in [-0.2, -0.15) is 0 Å². The number of ether oxygens (including phenoxy) is 7. The predicted octanol–water partition coefficient (Wildman–Crippen LogP) is 7.63. The van der Waals surface area contributed by atoms with Gasteiger partial charge in [0.25, 0.3) is 0 Å². The lowest BCUT2D eigenvalue weighted by Gasteiger charge is -2.50. The van der Waals surface area contributed by atoms with Crippen molar-refractivity contribution in [1.82, 2.24) is 0 Å². The van der Waals surface area contributed by atoms with Gasteiger partial charge >= 0.3 is 0 Å². The van der Waals surface area contributed by atoms with E-state index in [2.05, 4.69) is 30.3 Å². The van der Waals surface area contributed by atoms with Gasteiger partial charge < -0.3 is 38.3 Å². The Morgan fingerprint density at radius 2 is 1.22 bits per heavy atom. The van der Waals surface area contributed by atoms with Gasteiger partial charge in [0.1, 0.15) is 37.1 Å². The predicted molar refractivity (Wildman–Crippen MR) is 202 cm³/mol. The van der Waals surface area contributed by atoms with Crippen LogP contribution in [0, 0.1) is 0 Å². The van der Waals surface area contributed by atoms with Crippen molar-refractivity contribution < 1.29 is 38.3 Å². The van der Waals surface area contributed by atoms with E-state index in [-0.39, 0.29) is 13.2 Å². The van der Waals surface area contributed by atoms with Crippen LogP contribution in [-0.2, 0) is 55.7 Å². The van der Waals surface area contributed by atoms with E-state index < -0.39 is 29.7 Å². The van der Waals surface area contributed by atoms with Crippen molar-refractivity contribution in [2.24, 2.45) is 0 Å². The van der Waals surface area contributed by atoms with Crippen LogP contribution < -0.4 is 9.47 Å². The summed E-state index contributed by atoms with van der Waals surface area (Å²) in [4.78, 5) is 0. The lowest BCUT2D eigenvalue weighted by Crippen LogP contribution is -2.67. The first kappa shape index (κ1) is 35.2. The van der Waals surface area contributed by atoms with Crippen LogP contribution in [0.1, 0.15) is 57.7 Å². The van der Waals surface area contributed by atoms with Crippen molar-refractivity contribution in [2.45, 2.75) is 74.7 Å². The quantitative estimate of drug-likeness (QED) is 0.125. The zero-order chi connectivity index (χ0) is 36.4. The molecule has 3 aliphatic heterocycles. The molecular formula is C46H46O8. The van der Waals surface area contributed by atoms with E-state index in [1.54, 1.807) is 0 Å². The molecule has 0 spiro atoms. The van der Waals surface area contributed by atoms with Crippen molar-refractivity contribution in [2.75, 3.05) is 26.4 Å². The van der Waals surface area contributed by atoms with E-state index in [4.69, 9.17) is 33.2 Å². The van der Waals surface area contributed by atoms with Crippen LogP contribution in [0.5, 0.6) is 11.5 Å². The highest BCUT2D eigenvalue weighted by Crippen LogP contribution is 2.54. The van der Waals surface area contributed by atoms with E-state index >= 15 is 0 Å². The van der Waals surface area contributed by atoms with E-state index in [9.17, 15) is 5.11 Å². The third-order valence-electron chi connectivity index (χ3n) is 11.0. The van der Waals surface area contributed by atoms with Crippen molar-refractivity contribution in [1.29, 1.82) is 0 Å². The number of hydrogen-bond donors (Lipinski definition) is 1. The number of rotatable bonds is 14. The minimum Gasteiger partial charge on any atom is -0.486 e. The summed E-state index contributed by atoms with van der Waals surface area (Å²) in [6, 6.07) is 43.0. The summed E-state index contributed by atoms with van der Waals surface area (Å²) in [6.07, 6.45) is 0.869. The molecule has 5 aromatic rings. The first-order valence-electron chi connectivity index (χ1n) is 19.1. The number of benzene rings is 5. The largest absolute Gasteiger partial charge is 0.486 e. The summed E-state index contributed by atoms with van der Waals surface area (Å²) in [5.41, 5.74) is 6.30. The van der Waals surface area contributed by atoms with Crippen molar-refractivity contribution in [3.63, 3.8) is 0 Å². The SMILES string of the molecule is OC[C@@]12CO[C@@](c3ccc(C4CC4)c(Cc4ccc5c(c4)OCCO5)c3)(O1)[C@H](OCc1ccccc1)[C@@H](OCc1ccccc1)[C@@H]2OCc1ccccc1. The maximum absolute atomic E-state index is 11.3. The zero-order valence-corrected chi connectivity index (χ0v) is 30.3. The van der Waals surface area contributed by atoms with Crippen LogP contribution in [0.3, 0.4) is 0 Å². The molecule has 2 saturated heterocycles. The minimum atomic E-state index is -1.39. The molecule has 8 nitrogen and oxygen atoms in total. The van der Waals surface area contributed by atoms with E-state index in [1.165, 1.54) is 11.1 Å². The highest BCUT2D eigenvalue weighted by Gasteiger charge is 2.69. The topological polar surface area (TPSA) is 84.8 Å². The number of fused-ring (bicyclic) bond motifs is 3. The molecule has 3 fully saturated rings. The van der Waals surface area contributed by atoms with Gasteiger partial charge in [-0.1, -0.05) is 109 Å². The summed E-state index contributed by atoms with van der Waals surface area (Å²) in [5.74, 6) is 0.673. The highest BCUT2D eigenvalue weighted by molar-refractivity contribution is 5.47. The molecule has 3 heterocycles. The van der Waals surface area contributed by atoms with E-state index in [1.807, 2.05) is 97.1 Å². The van der Waals surface area contributed by atoms with Gasteiger partial charge in [0.15, 0.2) is 11.5 Å². The van der Waals surface area contributed by atoms with Gasteiger partial charge in [-0.05, 0) is 76.8 Å². The Kier molecular flexibility index (Phi) is 9.97. The van der Waals surface area contributed by atoms with Gasteiger partial charge in [0.05, 0.1) is 33.0 Å². The van der Waals surface area contributed by atoms with Crippen LogP contribution in [0.4, 0.5) is 0 Å². The van der Waals surface area contributed by atoms with Crippen molar-refractivity contribution >= 4 is 0 Å². The molecule has 5 aromatic carbocycles. The summed E-state index contributed by atoms with van der Waals surface area (Å²) < 4.78 is 46.5. The van der Waals surface area contributed by atoms with Gasteiger partial charge in [-0.3, -0.25) is 0 Å². The molecule has 4 aliphatic rings. The Hall–Kier alpha value is -4.54. The van der Waals surface area contributed by atoms with E-state index in [0.29, 0.717) is 45.4 Å². The Labute approximate surface area is 316 Å². The molecule has 0 aromatic heterocycles. The fourth-order valence-corrected chi connectivity index (χ4v) is 8.12. The smallest absolute Gasteiger partial charge is 0.225 e. The number of hydrogen-bond acceptors (Lipinski definition) is 8. The molecule has 1 N–H and O–H groups in total. The van der Waals surface area contributed by atoms with Gasteiger partial charge in [-0.15, -0.1) is 0 Å². The van der Waals surface area contributed by atoms with Crippen LogP contribution in [0.2, 0.25) is 0 Å². The molecule has 54 heavy (non-hydrogen) atoms. The van der Waals surface area contributed by atoms with Gasteiger partial charge in [0.2, 0.25) is 5.79 Å². The lowest BCUT2D eigenvalue weighted by atomic mass is 9.82. The average molecular weight is 727 g/mol. The summed E-state index contributed by atoms with van der Waals surface area (Å²) in [7, 11) is 0. The molecular weight excluding hydrogens is 680 g/mol. The molecule has 0 unspecified atom stereocenters. The Morgan fingerprint density at radius 1 is 0.611 bits per heavy atom. The standard InChI is InChI=1S/C46H46O8/c47-30-45-31-53-46(54-45,38-19-20-39(36-17-18-36)37(26-38)24-35-16-21-40-41(25-35)49-23-22-48-40)44(52-29-34-14-8-3-9-15-34)42(50-27-32-10-4-1-5-11-32)43(45)51-28-33-12-6-2-7-13-33/h1-16,19-21,25-26,36,42-44,47H,17-18,22-24,27-31H2/t42-,43-,44+,45-,46-/m0/s1. The summed E-state index contributed by atoms with van der Waals surface area (Å²) in [6.45, 7) is 1.78. The van der Waals surface area contributed by atoms with Crippen molar-refractivity contribution in [3.8, 4) is 11.5 Å². The molecule has 2 bridgehead atoms. The second kappa shape index (κ2) is 15.3. The molecule has 0 amide bonds. The summed E-state index contributed by atoms with van der Waals surface area (Å²) in [5, 5.41) is 11.3. The summed E-state index contributed by atoms with van der Waals surface area (Å²) >= 11 is 0. The van der Waals surface area contributed by atoms with Crippen LogP contribution >= 0.6 is 0 Å². The average Bonchev–Trinajstić information content (AvgIpc) is 4.02. The number of aliphatic hydroxyl groups is 1. The van der Waals surface area contributed by atoms with Gasteiger partial charge in [-0.25, -0.2) is 0 Å². The molecule has 1 aliphatic carbocycles. The maximum Gasteiger partial charge on any atom is 0.225 e. The molecule has 9 rings (SSSR count). The molecule has 0 radical (unpaired) electrons.